The van der Waals surface area contributed by atoms with Crippen molar-refractivity contribution in [3.63, 3.8) is 0 Å². The van der Waals surface area contributed by atoms with E-state index in [-0.39, 0.29) is 46.3 Å². The quantitative estimate of drug-likeness (QED) is 0.0956. The Kier molecular flexibility index (Phi) is 9.70. The summed E-state index contributed by atoms with van der Waals surface area (Å²) in [4.78, 5) is 36.9. The standard InChI is InChI=1S/C28H27ClN6O8S/c1-16-25(26(33-43-16)19-6-4-5-7-24(19)42-2)28(37)31-13-12-30-21-15-22(23(35(38)39)14-20(21)29)32-27(36)17-8-10-18(11-9-17)34-44(3,40)41/h4-11,14-15,30,34H,12-13H2,1-3H3,(H,31,37)(H,32,36). The molecule has 0 saturated heterocycles. The predicted molar refractivity (Wildman–Crippen MR) is 165 cm³/mol. The molecule has 1 aromatic heterocycles. The number of anilines is 3. The highest BCUT2D eigenvalue weighted by Crippen LogP contribution is 2.35. The number of hydrogen-bond acceptors (Lipinski definition) is 10. The summed E-state index contributed by atoms with van der Waals surface area (Å²) in [7, 11) is -2.00. The van der Waals surface area contributed by atoms with Crippen LogP contribution in [-0.4, -0.2) is 56.8 Å². The van der Waals surface area contributed by atoms with Gasteiger partial charge in [-0.25, -0.2) is 8.42 Å². The van der Waals surface area contributed by atoms with E-state index in [4.69, 9.17) is 20.9 Å². The average Bonchev–Trinajstić information content (AvgIpc) is 3.36. The van der Waals surface area contributed by atoms with Gasteiger partial charge in [-0.2, -0.15) is 0 Å². The molecule has 4 aromatic rings. The number of ether oxygens (including phenoxy) is 1. The molecule has 0 aliphatic carbocycles. The maximum atomic E-state index is 13.1. The van der Waals surface area contributed by atoms with E-state index in [1.807, 2.05) is 0 Å². The number of hydrogen-bond donors (Lipinski definition) is 4. The zero-order valence-electron chi connectivity index (χ0n) is 23.6. The number of carbonyl (C=O) groups excluding carboxylic acids is 2. The lowest BCUT2D eigenvalue weighted by atomic mass is 10.0. The summed E-state index contributed by atoms with van der Waals surface area (Å²) in [5.41, 5.74) is 1.23. The molecule has 4 rings (SSSR count). The summed E-state index contributed by atoms with van der Waals surface area (Å²) in [6.45, 7) is 1.91. The number of nitrogens with one attached hydrogen (secondary N) is 4. The number of sulfonamides is 1. The number of rotatable bonds is 12. The van der Waals surface area contributed by atoms with Crippen molar-refractivity contribution in [2.75, 3.05) is 41.8 Å². The van der Waals surface area contributed by atoms with Crippen LogP contribution in [0.15, 0.2) is 65.2 Å². The summed E-state index contributed by atoms with van der Waals surface area (Å²) in [5, 5.41) is 24.0. The Hall–Kier alpha value is -5.15. The summed E-state index contributed by atoms with van der Waals surface area (Å²) in [6, 6.07) is 15.0. The molecule has 16 heteroatoms. The Morgan fingerprint density at radius 2 is 1.75 bits per heavy atom. The lowest BCUT2D eigenvalue weighted by molar-refractivity contribution is -0.383. The maximum absolute atomic E-state index is 13.1. The van der Waals surface area contributed by atoms with Gasteiger partial charge in [0.15, 0.2) is 0 Å². The highest BCUT2D eigenvalue weighted by Gasteiger charge is 2.24. The molecule has 1 heterocycles. The molecule has 14 nitrogen and oxygen atoms in total. The third-order valence-electron chi connectivity index (χ3n) is 6.16. The first-order chi connectivity index (χ1) is 20.9. The molecule has 0 bridgehead atoms. The fourth-order valence-electron chi connectivity index (χ4n) is 4.17. The molecule has 3 aromatic carbocycles. The summed E-state index contributed by atoms with van der Waals surface area (Å²) >= 11 is 6.27. The van der Waals surface area contributed by atoms with Gasteiger partial charge in [0.25, 0.3) is 17.5 Å². The van der Waals surface area contributed by atoms with Crippen LogP contribution >= 0.6 is 11.6 Å². The third kappa shape index (κ3) is 7.62. The Morgan fingerprint density at radius 3 is 2.41 bits per heavy atom. The minimum absolute atomic E-state index is 0.0190. The highest BCUT2D eigenvalue weighted by molar-refractivity contribution is 7.92. The van der Waals surface area contributed by atoms with E-state index in [9.17, 15) is 28.1 Å². The normalized spacial score (nSPS) is 11.0. The number of aryl methyl sites for hydroxylation is 1. The minimum atomic E-state index is -3.51. The van der Waals surface area contributed by atoms with E-state index < -0.39 is 32.4 Å². The van der Waals surface area contributed by atoms with Crippen LogP contribution in [0.2, 0.25) is 5.02 Å². The van der Waals surface area contributed by atoms with Crippen molar-refractivity contribution in [2.45, 2.75) is 6.92 Å². The number of amides is 2. The largest absolute Gasteiger partial charge is 0.496 e. The number of halogens is 1. The minimum Gasteiger partial charge on any atom is -0.496 e. The van der Waals surface area contributed by atoms with Crippen LogP contribution in [0.5, 0.6) is 5.75 Å². The first-order valence-corrected chi connectivity index (χ1v) is 15.1. The van der Waals surface area contributed by atoms with Crippen LogP contribution in [0.25, 0.3) is 11.3 Å². The number of nitro benzene ring substituents is 1. The number of nitrogens with zero attached hydrogens (tertiary/aromatic N) is 2. The van der Waals surface area contributed by atoms with Gasteiger partial charge in [-0.15, -0.1) is 0 Å². The first-order valence-electron chi connectivity index (χ1n) is 12.9. The molecule has 0 fully saturated rings. The van der Waals surface area contributed by atoms with E-state index in [1.54, 1.807) is 31.2 Å². The van der Waals surface area contributed by atoms with Gasteiger partial charge in [-0.3, -0.25) is 24.4 Å². The van der Waals surface area contributed by atoms with E-state index in [1.165, 1.54) is 37.4 Å². The van der Waals surface area contributed by atoms with Crippen LogP contribution in [0.4, 0.5) is 22.7 Å². The van der Waals surface area contributed by atoms with E-state index >= 15 is 0 Å². The van der Waals surface area contributed by atoms with Crippen molar-refractivity contribution in [1.82, 2.24) is 10.5 Å². The zero-order chi connectivity index (χ0) is 32.0. The monoisotopic (exact) mass is 642 g/mol. The van der Waals surface area contributed by atoms with E-state index in [0.29, 0.717) is 22.8 Å². The molecular weight excluding hydrogens is 616 g/mol. The third-order valence-corrected chi connectivity index (χ3v) is 7.08. The lowest BCUT2D eigenvalue weighted by Gasteiger charge is -2.13. The Balaban J connectivity index is 1.44. The Morgan fingerprint density at radius 1 is 1.05 bits per heavy atom. The van der Waals surface area contributed by atoms with Crippen molar-refractivity contribution in [2.24, 2.45) is 0 Å². The molecule has 44 heavy (non-hydrogen) atoms. The van der Waals surface area contributed by atoms with Gasteiger partial charge in [-0.05, 0) is 49.4 Å². The highest BCUT2D eigenvalue weighted by atomic mass is 35.5. The fraction of sp³-hybridized carbons (Fsp3) is 0.179. The second kappa shape index (κ2) is 13.4. The zero-order valence-corrected chi connectivity index (χ0v) is 25.2. The molecule has 0 aliphatic rings. The molecule has 4 N–H and O–H groups in total. The van der Waals surface area contributed by atoms with Crippen LogP contribution < -0.4 is 25.4 Å². The van der Waals surface area contributed by atoms with Gasteiger partial charge in [0.05, 0.1) is 29.0 Å². The van der Waals surface area contributed by atoms with E-state index in [0.717, 1.165) is 12.3 Å². The maximum Gasteiger partial charge on any atom is 0.294 e. The number of aromatic nitrogens is 1. The van der Waals surface area contributed by atoms with Gasteiger partial charge in [-0.1, -0.05) is 28.9 Å². The molecule has 2 amide bonds. The smallest absolute Gasteiger partial charge is 0.294 e. The van der Waals surface area contributed by atoms with Gasteiger partial charge in [0, 0.05) is 36.0 Å². The molecule has 0 unspecified atom stereocenters. The van der Waals surface area contributed by atoms with Gasteiger partial charge in [0.1, 0.15) is 28.5 Å². The van der Waals surface area contributed by atoms with Crippen molar-refractivity contribution >= 4 is 56.2 Å². The molecule has 0 aliphatic heterocycles. The number of nitro groups is 1. The van der Waals surface area contributed by atoms with Crippen molar-refractivity contribution in [1.29, 1.82) is 0 Å². The summed E-state index contributed by atoms with van der Waals surface area (Å²) in [6.07, 6.45) is 0.990. The number of methoxy groups -OCH3 is 1. The van der Waals surface area contributed by atoms with Gasteiger partial charge in [0.2, 0.25) is 10.0 Å². The van der Waals surface area contributed by atoms with Crippen LogP contribution in [0.1, 0.15) is 26.5 Å². The predicted octanol–water partition coefficient (Wildman–Crippen LogP) is 4.69. The van der Waals surface area contributed by atoms with Crippen molar-refractivity contribution in [3.8, 4) is 17.0 Å². The molecular formula is C28H27ClN6O8S. The Bertz CT molecular complexity index is 1830. The summed E-state index contributed by atoms with van der Waals surface area (Å²) in [5.74, 6) is -0.272. The molecule has 230 valence electrons. The van der Waals surface area contributed by atoms with Crippen LogP contribution in [-0.2, 0) is 10.0 Å². The van der Waals surface area contributed by atoms with E-state index in [2.05, 4.69) is 25.8 Å². The van der Waals surface area contributed by atoms with Crippen molar-refractivity contribution in [3.05, 3.63) is 92.7 Å². The second-order valence-electron chi connectivity index (χ2n) is 9.36. The molecule has 0 radical (unpaired) electrons. The molecule has 0 atom stereocenters. The number of carbonyl (C=O) groups is 2. The topological polar surface area (TPSA) is 195 Å². The fourth-order valence-corrected chi connectivity index (χ4v) is 4.96. The first kappa shape index (κ1) is 31.8. The summed E-state index contributed by atoms with van der Waals surface area (Å²) < 4.78 is 35.7. The van der Waals surface area contributed by atoms with Crippen LogP contribution in [0.3, 0.4) is 0 Å². The van der Waals surface area contributed by atoms with Gasteiger partial charge >= 0.3 is 0 Å². The number of benzene rings is 3. The Labute approximate surface area is 256 Å². The van der Waals surface area contributed by atoms with Crippen molar-refractivity contribution < 1.29 is 32.2 Å². The second-order valence-corrected chi connectivity index (χ2v) is 11.5. The lowest BCUT2D eigenvalue weighted by Crippen LogP contribution is -2.29. The average molecular weight is 643 g/mol. The SMILES string of the molecule is COc1ccccc1-c1noc(C)c1C(=O)NCCNc1cc(NC(=O)c2ccc(NS(C)(=O)=O)cc2)c([N+](=O)[O-])cc1Cl. The number of para-hydroxylation sites is 1. The van der Waals surface area contributed by atoms with Crippen LogP contribution in [0, 0.1) is 17.0 Å². The molecule has 0 spiro atoms. The molecule has 0 saturated carbocycles. The van der Waals surface area contributed by atoms with Gasteiger partial charge < -0.3 is 25.2 Å².